The first-order valence-corrected chi connectivity index (χ1v) is 6.57. The number of rotatable bonds is 3. The molecule has 5 N–H and O–H groups in total. The zero-order valence-corrected chi connectivity index (χ0v) is 12.2. The summed E-state index contributed by atoms with van der Waals surface area (Å²) in [6.07, 6.45) is 0. The molecule has 2 aromatic rings. The van der Waals surface area contributed by atoms with Crippen molar-refractivity contribution in [1.82, 2.24) is 0 Å². The molecule has 21 heavy (non-hydrogen) atoms. The first kappa shape index (κ1) is 14.8. The number of primary amides is 1. The Morgan fingerprint density at radius 1 is 1.29 bits per heavy atom. The first-order chi connectivity index (χ1) is 9.92. The molecule has 0 saturated carbocycles. The van der Waals surface area contributed by atoms with Crippen LogP contribution in [0.4, 0.5) is 21.5 Å². The minimum absolute atomic E-state index is 0.0237. The number of nitrogens with two attached hydrogens (primary N) is 2. The van der Waals surface area contributed by atoms with Gasteiger partial charge in [0.1, 0.15) is 5.82 Å². The highest BCUT2D eigenvalue weighted by atomic mass is 79.9. The average Bonchev–Trinajstić information content (AvgIpc) is 2.43. The van der Waals surface area contributed by atoms with Crippen LogP contribution in [0.15, 0.2) is 34.8 Å². The van der Waals surface area contributed by atoms with Crippen molar-refractivity contribution >= 4 is 38.9 Å². The minimum Gasteiger partial charge on any atom is -0.398 e. The number of nitrogen functional groups attached to an aromatic ring is 1. The van der Waals surface area contributed by atoms with E-state index in [1.54, 1.807) is 18.2 Å². The normalized spacial score (nSPS) is 9.95. The van der Waals surface area contributed by atoms with Gasteiger partial charge in [-0.2, -0.15) is 5.26 Å². The van der Waals surface area contributed by atoms with Crippen LogP contribution in [-0.2, 0) is 0 Å². The van der Waals surface area contributed by atoms with Crippen molar-refractivity contribution in [2.24, 2.45) is 5.73 Å². The van der Waals surface area contributed by atoms with E-state index in [0.29, 0.717) is 15.7 Å². The van der Waals surface area contributed by atoms with Crippen molar-refractivity contribution in [3.05, 3.63) is 51.7 Å². The molecule has 0 saturated heterocycles. The molecule has 7 heteroatoms. The van der Waals surface area contributed by atoms with Gasteiger partial charge in [0.25, 0.3) is 5.91 Å². The van der Waals surface area contributed by atoms with E-state index in [2.05, 4.69) is 21.2 Å². The molecule has 0 aliphatic rings. The summed E-state index contributed by atoms with van der Waals surface area (Å²) in [4.78, 5) is 11.2. The highest BCUT2D eigenvalue weighted by molar-refractivity contribution is 9.10. The Morgan fingerprint density at radius 3 is 2.57 bits per heavy atom. The number of nitriles is 1. The second-order valence-electron chi connectivity index (χ2n) is 4.21. The van der Waals surface area contributed by atoms with E-state index in [-0.39, 0.29) is 16.9 Å². The van der Waals surface area contributed by atoms with Crippen LogP contribution in [0.2, 0.25) is 0 Å². The predicted molar refractivity (Wildman–Crippen MR) is 81.5 cm³/mol. The van der Waals surface area contributed by atoms with Crippen LogP contribution in [0.5, 0.6) is 0 Å². The quantitative estimate of drug-likeness (QED) is 0.741. The van der Waals surface area contributed by atoms with Gasteiger partial charge in [0.05, 0.1) is 28.6 Å². The maximum Gasteiger partial charge on any atom is 0.250 e. The zero-order chi connectivity index (χ0) is 15.6. The van der Waals surface area contributed by atoms with Gasteiger partial charge in [-0.25, -0.2) is 4.39 Å². The van der Waals surface area contributed by atoms with Gasteiger partial charge in [-0.15, -0.1) is 0 Å². The second kappa shape index (κ2) is 5.81. The third kappa shape index (κ3) is 3.12. The maximum absolute atomic E-state index is 13.9. The van der Waals surface area contributed by atoms with E-state index >= 15 is 0 Å². The van der Waals surface area contributed by atoms with Gasteiger partial charge >= 0.3 is 0 Å². The van der Waals surface area contributed by atoms with Crippen molar-refractivity contribution in [2.75, 3.05) is 11.1 Å². The number of hydrogen-bond donors (Lipinski definition) is 3. The van der Waals surface area contributed by atoms with Crippen molar-refractivity contribution in [3.8, 4) is 6.07 Å². The van der Waals surface area contributed by atoms with Crippen LogP contribution in [-0.4, -0.2) is 5.91 Å². The van der Waals surface area contributed by atoms with E-state index in [9.17, 15) is 9.18 Å². The highest BCUT2D eigenvalue weighted by Gasteiger charge is 2.13. The average molecular weight is 349 g/mol. The largest absolute Gasteiger partial charge is 0.398 e. The fourth-order valence-corrected chi connectivity index (χ4v) is 2.21. The molecule has 0 fully saturated rings. The van der Waals surface area contributed by atoms with Crippen LogP contribution >= 0.6 is 15.9 Å². The van der Waals surface area contributed by atoms with E-state index < -0.39 is 11.7 Å². The summed E-state index contributed by atoms with van der Waals surface area (Å²) in [5.41, 5.74) is 11.8. The van der Waals surface area contributed by atoms with Gasteiger partial charge in [0, 0.05) is 10.2 Å². The fraction of sp³-hybridized carbons (Fsp3) is 0. The summed E-state index contributed by atoms with van der Waals surface area (Å²) in [6.45, 7) is 0. The number of hydrogen-bond acceptors (Lipinski definition) is 4. The number of nitrogens with zero attached hydrogens (tertiary/aromatic N) is 1. The zero-order valence-electron chi connectivity index (χ0n) is 10.7. The van der Waals surface area contributed by atoms with Crippen LogP contribution in [0.25, 0.3) is 0 Å². The maximum atomic E-state index is 13.9. The molecule has 5 nitrogen and oxygen atoms in total. The summed E-state index contributed by atoms with van der Waals surface area (Å²) in [5.74, 6) is -1.36. The first-order valence-electron chi connectivity index (χ1n) is 5.78. The smallest absolute Gasteiger partial charge is 0.250 e. The Hall–Kier alpha value is -2.59. The lowest BCUT2D eigenvalue weighted by Gasteiger charge is -2.12. The number of halogens is 2. The monoisotopic (exact) mass is 348 g/mol. The van der Waals surface area contributed by atoms with Gasteiger partial charge in [0.2, 0.25) is 0 Å². The summed E-state index contributed by atoms with van der Waals surface area (Å²) in [6, 6.07) is 9.05. The number of amides is 1. The molecule has 0 unspecified atom stereocenters. The topological polar surface area (TPSA) is 105 Å². The lowest BCUT2D eigenvalue weighted by Crippen LogP contribution is -2.14. The standard InChI is InChI=1S/C14H10BrFN4O/c15-9-3-7(6-17)1-2-12(9)20-13-4-8(14(19)21)11(18)5-10(13)16/h1-5,20H,18H2,(H2,19,21). The SMILES string of the molecule is N#Cc1ccc(Nc2cc(C(N)=O)c(N)cc2F)c(Br)c1. The molecule has 0 spiro atoms. The Labute approximate surface area is 128 Å². The number of benzene rings is 2. The highest BCUT2D eigenvalue weighted by Crippen LogP contribution is 2.30. The molecular formula is C14H10BrFN4O. The van der Waals surface area contributed by atoms with E-state index in [1.165, 1.54) is 6.07 Å². The number of carbonyl (C=O) groups excluding carboxylic acids is 1. The van der Waals surface area contributed by atoms with Crippen LogP contribution in [0.1, 0.15) is 15.9 Å². The van der Waals surface area contributed by atoms with Gasteiger partial charge in [-0.05, 0) is 46.3 Å². The number of nitrogens with one attached hydrogen (secondary N) is 1. The summed E-state index contributed by atoms with van der Waals surface area (Å²) in [7, 11) is 0. The Kier molecular flexibility index (Phi) is 4.10. The molecule has 0 aliphatic carbocycles. The molecule has 2 aromatic carbocycles. The van der Waals surface area contributed by atoms with Crippen LogP contribution in [0, 0.1) is 17.1 Å². The van der Waals surface area contributed by atoms with Gasteiger partial charge < -0.3 is 16.8 Å². The third-order valence-corrected chi connectivity index (χ3v) is 3.43. The third-order valence-electron chi connectivity index (χ3n) is 2.77. The van der Waals surface area contributed by atoms with E-state index in [1.807, 2.05) is 6.07 Å². The van der Waals surface area contributed by atoms with Gasteiger partial charge in [0.15, 0.2) is 0 Å². The summed E-state index contributed by atoms with van der Waals surface area (Å²) >= 11 is 3.28. The van der Waals surface area contributed by atoms with E-state index in [4.69, 9.17) is 16.7 Å². The molecule has 0 aliphatic heterocycles. The Morgan fingerprint density at radius 2 is 2.00 bits per heavy atom. The van der Waals surface area contributed by atoms with Gasteiger partial charge in [-0.3, -0.25) is 4.79 Å². The fourth-order valence-electron chi connectivity index (χ4n) is 1.73. The lowest BCUT2D eigenvalue weighted by molar-refractivity contribution is 0.100. The Balaban J connectivity index is 2.42. The molecule has 0 atom stereocenters. The van der Waals surface area contributed by atoms with Crippen molar-refractivity contribution in [3.63, 3.8) is 0 Å². The number of anilines is 3. The number of carbonyl (C=O) groups is 1. The van der Waals surface area contributed by atoms with Gasteiger partial charge in [-0.1, -0.05) is 0 Å². The molecule has 0 aromatic heterocycles. The molecule has 106 valence electrons. The molecule has 0 bridgehead atoms. The molecule has 1 amide bonds. The molecular weight excluding hydrogens is 339 g/mol. The minimum atomic E-state index is -0.741. The predicted octanol–water partition coefficient (Wildman–Crippen LogP) is 2.88. The summed E-state index contributed by atoms with van der Waals surface area (Å²) < 4.78 is 14.5. The lowest BCUT2D eigenvalue weighted by atomic mass is 10.1. The Bertz CT molecular complexity index is 770. The van der Waals surface area contributed by atoms with E-state index in [0.717, 1.165) is 6.07 Å². The second-order valence-corrected chi connectivity index (χ2v) is 5.07. The van der Waals surface area contributed by atoms with Crippen LogP contribution < -0.4 is 16.8 Å². The summed E-state index contributed by atoms with van der Waals surface area (Å²) in [5, 5.41) is 11.6. The van der Waals surface area contributed by atoms with Crippen LogP contribution in [0.3, 0.4) is 0 Å². The molecule has 2 rings (SSSR count). The van der Waals surface area contributed by atoms with Crippen molar-refractivity contribution < 1.29 is 9.18 Å². The van der Waals surface area contributed by atoms with Crippen molar-refractivity contribution in [1.29, 1.82) is 5.26 Å². The van der Waals surface area contributed by atoms with Crippen molar-refractivity contribution in [2.45, 2.75) is 0 Å². The molecule has 0 heterocycles. The molecule has 0 radical (unpaired) electrons.